The molecular formula is C26H31NO5. The van der Waals surface area contributed by atoms with Crippen LogP contribution in [0.15, 0.2) is 66.9 Å². The zero-order valence-corrected chi connectivity index (χ0v) is 19.3. The quantitative estimate of drug-likeness (QED) is 0.555. The topological polar surface area (TPSA) is 65.1 Å². The van der Waals surface area contributed by atoms with Crippen molar-refractivity contribution in [1.29, 1.82) is 0 Å². The Bertz CT molecular complexity index is 946. The Morgan fingerprint density at radius 2 is 1.78 bits per heavy atom. The molecule has 1 aliphatic rings. The van der Waals surface area contributed by atoms with Crippen LogP contribution in [0, 0.1) is 11.8 Å². The minimum atomic E-state index is -0.644. The SMILES string of the molecule is COc1ccc(N(/C=C/[C@@H](c2ccccc2)[C@H]2COC(=O)[C@@H]2C)C(=O)OC(C)(C)C)cc1. The molecule has 2 aromatic carbocycles. The normalized spacial score (nSPS) is 19.5. The number of esters is 1. The van der Waals surface area contributed by atoms with Crippen molar-refractivity contribution in [1.82, 2.24) is 0 Å². The first-order valence-corrected chi connectivity index (χ1v) is 10.8. The van der Waals surface area contributed by atoms with E-state index in [2.05, 4.69) is 0 Å². The molecule has 0 unspecified atom stereocenters. The maximum absolute atomic E-state index is 13.0. The Morgan fingerprint density at radius 3 is 2.31 bits per heavy atom. The Kier molecular flexibility index (Phi) is 7.23. The smallest absolute Gasteiger partial charge is 0.418 e. The summed E-state index contributed by atoms with van der Waals surface area (Å²) in [6, 6.07) is 17.1. The van der Waals surface area contributed by atoms with E-state index in [1.54, 1.807) is 37.6 Å². The Balaban J connectivity index is 1.97. The van der Waals surface area contributed by atoms with Crippen molar-refractivity contribution in [3.05, 3.63) is 72.4 Å². The molecule has 3 rings (SSSR count). The third kappa shape index (κ3) is 5.69. The second kappa shape index (κ2) is 9.90. The van der Waals surface area contributed by atoms with Crippen molar-refractivity contribution in [2.24, 2.45) is 11.8 Å². The predicted molar refractivity (Wildman–Crippen MR) is 124 cm³/mol. The second-order valence-corrected chi connectivity index (χ2v) is 8.91. The summed E-state index contributed by atoms with van der Waals surface area (Å²) in [5.41, 5.74) is 1.06. The summed E-state index contributed by atoms with van der Waals surface area (Å²) in [4.78, 5) is 26.6. The largest absolute Gasteiger partial charge is 0.497 e. The number of ether oxygens (including phenoxy) is 3. The minimum absolute atomic E-state index is 0.0301. The Hall–Kier alpha value is -3.28. The van der Waals surface area contributed by atoms with E-state index in [4.69, 9.17) is 14.2 Å². The summed E-state index contributed by atoms with van der Waals surface area (Å²) in [5.74, 6) is 0.127. The predicted octanol–water partition coefficient (Wildman–Crippen LogP) is 5.54. The van der Waals surface area contributed by atoms with Crippen LogP contribution in [0.5, 0.6) is 5.75 Å². The molecule has 0 radical (unpaired) electrons. The minimum Gasteiger partial charge on any atom is -0.497 e. The molecule has 1 amide bonds. The number of amides is 1. The van der Waals surface area contributed by atoms with Gasteiger partial charge in [-0.25, -0.2) is 4.79 Å². The van der Waals surface area contributed by atoms with Crippen LogP contribution >= 0.6 is 0 Å². The zero-order chi connectivity index (χ0) is 23.3. The molecule has 0 aromatic heterocycles. The van der Waals surface area contributed by atoms with Crippen LogP contribution in [0.4, 0.5) is 10.5 Å². The van der Waals surface area contributed by atoms with E-state index in [0.717, 1.165) is 5.56 Å². The van der Waals surface area contributed by atoms with Gasteiger partial charge in [0.25, 0.3) is 0 Å². The van der Waals surface area contributed by atoms with Gasteiger partial charge in [-0.05, 0) is 50.6 Å². The molecule has 2 aromatic rings. The molecule has 32 heavy (non-hydrogen) atoms. The second-order valence-electron chi connectivity index (χ2n) is 8.91. The van der Waals surface area contributed by atoms with E-state index in [0.29, 0.717) is 18.0 Å². The molecule has 0 aliphatic carbocycles. The fourth-order valence-corrected chi connectivity index (χ4v) is 3.70. The van der Waals surface area contributed by atoms with Gasteiger partial charge in [0, 0.05) is 18.0 Å². The van der Waals surface area contributed by atoms with Crippen molar-refractivity contribution >= 4 is 17.7 Å². The fraction of sp³-hybridized carbons (Fsp3) is 0.385. The number of anilines is 1. The van der Waals surface area contributed by atoms with Gasteiger partial charge in [-0.3, -0.25) is 9.69 Å². The number of rotatable bonds is 6. The summed E-state index contributed by atoms with van der Waals surface area (Å²) in [7, 11) is 1.59. The average molecular weight is 438 g/mol. The molecule has 170 valence electrons. The van der Waals surface area contributed by atoms with Crippen LogP contribution in [-0.4, -0.2) is 31.4 Å². The lowest BCUT2D eigenvalue weighted by Gasteiger charge is -2.27. The number of hydrogen-bond acceptors (Lipinski definition) is 5. The number of benzene rings is 2. The number of allylic oxidation sites excluding steroid dienone is 1. The van der Waals surface area contributed by atoms with Crippen molar-refractivity contribution in [3.63, 3.8) is 0 Å². The van der Waals surface area contributed by atoms with Gasteiger partial charge < -0.3 is 14.2 Å². The molecule has 6 nitrogen and oxygen atoms in total. The summed E-state index contributed by atoms with van der Waals surface area (Å²) >= 11 is 0. The third-order valence-electron chi connectivity index (χ3n) is 5.46. The molecule has 1 fully saturated rings. The lowest BCUT2D eigenvalue weighted by molar-refractivity contribution is -0.140. The van der Waals surface area contributed by atoms with Gasteiger partial charge in [-0.1, -0.05) is 43.3 Å². The van der Waals surface area contributed by atoms with Crippen molar-refractivity contribution in [2.75, 3.05) is 18.6 Å². The molecule has 0 N–H and O–H groups in total. The van der Waals surface area contributed by atoms with Crippen molar-refractivity contribution in [3.8, 4) is 5.75 Å². The van der Waals surface area contributed by atoms with E-state index in [1.165, 1.54) is 4.90 Å². The van der Waals surface area contributed by atoms with Gasteiger partial charge >= 0.3 is 12.1 Å². The maximum atomic E-state index is 13.0. The first-order chi connectivity index (χ1) is 15.2. The molecule has 1 aliphatic heterocycles. The van der Waals surface area contributed by atoms with Gasteiger partial charge in [-0.2, -0.15) is 0 Å². The van der Waals surface area contributed by atoms with Crippen LogP contribution in [0.3, 0.4) is 0 Å². The number of carbonyl (C=O) groups is 2. The summed E-state index contributed by atoms with van der Waals surface area (Å²) < 4.78 is 16.2. The van der Waals surface area contributed by atoms with E-state index in [1.807, 2.05) is 64.1 Å². The van der Waals surface area contributed by atoms with E-state index in [-0.39, 0.29) is 23.7 Å². The lowest BCUT2D eigenvalue weighted by Crippen LogP contribution is -2.33. The molecule has 1 heterocycles. The van der Waals surface area contributed by atoms with Crippen molar-refractivity contribution < 1.29 is 23.8 Å². The number of cyclic esters (lactones) is 1. The van der Waals surface area contributed by atoms with Gasteiger partial charge in [0.2, 0.25) is 0 Å². The highest BCUT2D eigenvalue weighted by atomic mass is 16.6. The molecule has 6 heteroatoms. The van der Waals surface area contributed by atoms with E-state index in [9.17, 15) is 9.59 Å². The molecule has 0 saturated carbocycles. The number of carbonyl (C=O) groups excluding carboxylic acids is 2. The molecular weight excluding hydrogens is 406 g/mol. The van der Waals surface area contributed by atoms with Crippen LogP contribution < -0.4 is 9.64 Å². The number of hydrogen-bond donors (Lipinski definition) is 0. The zero-order valence-electron chi connectivity index (χ0n) is 19.3. The molecule has 0 spiro atoms. The monoisotopic (exact) mass is 437 g/mol. The molecule has 3 atom stereocenters. The van der Waals surface area contributed by atoms with Crippen LogP contribution in [-0.2, 0) is 14.3 Å². The Morgan fingerprint density at radius 1 is 1.12 bits per heavy atom. The third-order valence-corrected chi connectivity index (χ3v) is 5.46. The van der Waals surface area contributed by atoms with Gasteiger partial charge in [0.05, 0.1) is 25.3 Å². The maximum Gasteiger partial charge on any atom is 0.418 e. The molecule has 1 saturated heterocycles. The summed E-state index contributed by atoms with van der Waals surface area (Å²) in [5, 5.41) is 0. The van der Waals surface area contributed by atoms with Crippen LogP contribution in [0.1, 0.15) is 39.2 Å². The first kappa shape index (κ1) is 23.4. The van der Waals surface area contributed by atoms with E-state index < -0.39 is 11.7 Å². The highest BCUT2D eigenvalue weighted by Gasteiger charge is 2.38. The molecule has 0 bridgehead atoms. The van der Waals surface area contributed by atoms with Gasteiger partial charge in [0.1, 0.15) is 11.4 Å². The first-order valence-electron chi connectivity index (χ1n) is 10.8. The van der Waals surface area contributed by atoms with Gasteiger partial charge in [-0.15, -0.1) is 0 Å². The fourth-order valence-electron chi connectivity index (χ4n) is 3.70. The van der Waals surface area contributed by atoms with E-state index >= 15 is 0 Å². The standard InChI is InChI=1S/C26H31NO5/c1-18-23(17-31-24(18)28)22(19-9-7-6-8-10-19)15-16-27(25(29)32-26(2,3)4)20-11-13-21(30-5)14-12-20/h6-16,18,22-23H,17H2,1-5H3/b16-15+/t18-,22+,23+/m1/s1. The highest BCUT2D eigenvalue weighted by molar-refractivity contribution is 5.90. The highest BCUT2D eigenvalue weighted by Crippen LogP contribution is 2.37. The summed E-state index contributed by atoms with van der Waals surface area (Å²) in [6.45, 7) is 7.72. The van der Waals surface area contributed by atoms with Crippen LogP contribution in [0.2, 0.25) is 0 Å². The number of nitrogens with zero attached hydrogens (tertiary/aromatic N) is 1. The average Bonchev–Trinajstić information content (AvgIpc) is 3.09. The Labute approximate surface area is 189 Å². The van der Waals surface area contributed by atoms with Crippen molar-refractivity contribution in [2.45, 2.75) is 39.2 Å². The number of methoxy groups -OCH3 is 1. The summed E-state index contributed by atoms with van der Waals surface area (Å²) in [6.07, 6.45) is 3.19. The lowest BCUT2D eigenvalue weighted by atomic mass is 9.80. The van der Waals surface area contributed by atoms with Gasteiger partial charge in [0.15, 0.2) is 0 Å². The van der Waals surface area contributed by atoms with Crippen LogP contribution in [0.25, 0.3) is 0 Å².